The maximum atomic E-state index is 5.82. The minimum atomic E-state index is 0.543. The van der Waals surface area contributed by atoms with E-state index in [2.05, 4.69) is 32.7 Å². The molecule has 0 aliphatic carbocycles. The zero-order valence-electron chi connectivity index (χ0n) is 16.0. The molecule has 0 aliphatic rings. The molecular formula is C24H22N4O. The zero-order valence-corrected chi connectivity index (χ0v) is 16.0. The van der Waals surface area contributed by atoms with Crippen LogP contribution in [0.5, 0.6) is 5.75 Å². The molecule has 1 heterocycles. The molecule has 0 radical (unpaired) electrons. The average molecular weight is 382 g/mol. The van der Waals surface area contributed by atoms with E-state index >= 15 is 0 Å². The van der Waals surface area contributed by atoms with Crippen molar-refractivity contribution in [2.24, 2.45) is 0 Å². The Morgan fingerprint density at radius 1 is 0.724 bits per heavy atom. The average Bonchev–Trinajstić information content (AvgIpc) is 2.79. The van der Waals surface area contributed by atoms with Crippen LogP contribution in [0.3, 0.4) is 0 Å². The SMILES string of the molecule is c1ccc(CNc2ccnc(Nc3ccc(OCc4ccccc4)cc3)n2)cc1. The number of nitrogens with one attached hydrogen (secondary N) is 2. The van der Waals surface area contributed by atoms with Crippen LogP contribution in [0.25, 0.3) is 0 Å². The van der Waals surface area contributed by atoms with Crippen molar-refractivity contribution in [3.63, 3.8) is 0 Å². The van der Waals surface area contributed by atoms with Crippen molar-refractivity contribution in [3.8, 4) is 5.75 Å². The molecule has 5 nitrogen and oxygen atoms in total. The second kappa shape index (κ2) is 9.37. The fraction of sp³-hybridized carbons (Fsp3) is 0.0833. The highest BCUT2D eigenvalue weighted by atomic mass is 16.5. The number of rotatable bonds is 8. The maximum absolute atomic E-state index is 5.82. The van der Waals surface area contributed by atoms with Crippen LogP contribution in [0.4, 0.5) is 17.5 Å². The molecule has 144 valence electrons. The lowest BCUT2D eigenvalue weighted by Crippen LogP contribution is -2.04. The van der Waals surface area contributed by atoms with Crippen LogP contribution in [0.1, 0.15) is 11.1 Å². The number of hydrogen-bond acceptors (Lipinski definition) is 5. The molecule has 2 N–H and O–H groups in total. The van der Waals surface area contributed by atoms with Gasteiger partial charge in [0.15, 0.2) is 0 Å². The Morgan fingerprint density at radius 3 is 2.14 bits per heavy atom. The Morgan fingerprint density at radius 2 is 1.41 bits per heavy atom. The minimum absolute atomic E-state index is 0.543. The van der Waals surface area contributed by atoms with E-state index in [9.17, 15) is 0 Å². The largest absolute Gasteiger partial charge is 0.489 e. The van der Waals surface area contributed by atoms with E-state index in [1.54, 1.807) is 6.20 Å². The molecule has 0 unspecified atom stereocenters. The first kappa shape index (κ1) is 18.5. The van der Waals surface area contributed by atoms with Gasteiger partial charge in [0.1, 0.15) is 18.2 Å². The predicted octanol–water partition coefficient (Wildman–Crippen LogP) is 5.41. The summed E-state index contributed by atoms with van der Waals surface area (Å²) >= 11 is 0. The molecular weight excluding hydrogens is 360 g/mol. The summed E-state index contributed by atoms with van der Waals surface area (Å²) in [5.74, 6) is 2.13. The molecule has 29 heavy (non-hydrogen) atoms. The number of anilines is 3. The summed E-state index contributed by atoms with van der Waals surface area (Å²) in [6.07, 6.45) is 1.74. The van der Waals surface area contributed by atoms with E-state index in [1.807, 2.05) is 78.9 Å². The summed E-state index contributed by atoms with van der Waals surface area (Å²) in [7, 11) is 0. The first-order valence-corrected chi connectivity index (χ1v) is 9.50. The van der Waals surface area contributed by atoms with Crippen LogP contribution < -0.4 is 15.4 Å². The monoisotopic (exact) mass is 382 g/mol. The normalized spacial score (nSPS) is 10.3. The molecule has 0 saturated carbocycles. The summed E-state index contributed by atoms with van der Waals surface area (Å²) in [6, 6.07) is 30.0. The lowest BCUT2D eigenvalue weighted by atomic mass is 10.2. The van der Waals surface area contributed by atoms with Crippen LogP contribution in [-0.4, -0.2) is 9.97 Å². The molecule has 0 fully saturated rings. The first-order valence-electron chi connectivity index (χ1n) is 9.50. The Kier molecular flexibility index (Phi) is 5.98. The summed E-state index contributed by atoms with van der Waals surface area (Å²) in [4.78, 5) is 8.81. The highest BCUT2D eigenvalue weighted by Crippen LogP contribution is 2.20. The third-order valence-electron chi connectivity index (χ3n) is 4.33. The summed E-state index contributed by atoms with van der Waals surface area (Å²) in [5.41, 5.74) is 3.24. The van der Waals surface area contributed by atoms with Crippen molar-refractivity contribution < 1.29 is 4.74 Å². The Bertz CT molecular complexity index is 1020. The third kappa shape index (κ3) is 5.56. The molecule has 0 amide bonds. The number of aromatic nitrogens is 2. The fourth-order valence-corrected chi connectivity index (χ4v) is 2.81. The van der Waals surface area contributed by atoms with Crippen molar-refractivity contribution in [1.29, 1.82) is 0 Å². The van der Waals surface area contributed by atoms with Gasteiger partial charge in [-0.15, -0.1) is 0 Å². The number of ether oxygens (including phenoxy) is 1. The topological polar surface area (TPSA) is 59.1 Å². The lowest BCUT2D eigenvalue weighted by molar-refractivity contribution is 0.306. The van der Waals surface area contributed by atoms with Gasteiger partial charge in [-0.25, -0.2) is 4.98 Å². The summed E-state index contributed by atoms with van der Waals surface area (Å²) in [6.45, 7) is 1.26. The van der Waals surface area contributed by atoms with Crippen LogP contribution in [0, 0.1) is 0 Å². The Balaban J connectivity index is 1.33. The molecule has 1 aromatic heterocycles. The molecule has 3 aromatic carbocycles. The smallest absolute Gasteiger partial charge is 0.229 e. The van der Waals surface area contributed by atoms with Gasteiger partial charge < -0.3 is 15.4 Å². The second-order valence-corrected chi connectivity index (χ2v) is 6.53. The van der Waals surface area contributed by atoms with Crippen molar-refractivity contribution in [1.82, 2.24) is 9.97 Å². The first-order chi connectivity index (χ1) is 14.3. The zero-order chi connectivity index (χ0) is 19.7. The summed E-state index contributed by atoms with van der Waals surface area (Å²) < 4.78 is 5.82. The highest BCUT2D eigenvalue weighted by Gasteiger charge is 2.02. The molecule has 0 aliphatic heterocycles. The quantitative estimate of drug-likeness (QED) is 0.427. The Hall–Kier alpha value is -3.86. The van der Waals surface area contributed by atoms with Gasteiger partial charge >= 0.3 is 0 Å². The van der Waals surface area contributed by atoms with Crippen molar-refractivity contribution in [3.05, 3.63) is 108 Å². The van der Waals surface area contributed by atoms with E-state index in [0.717, 1.165) is 22.8 Å². The van der Waals surface area contributed by atoms with E-state index in [-0.39, 0.29) is 0 Å². The predicted molar refractivity (Wildman–Crippen MR) is 116 cm³/mol. The van der Waals surface area contributed by atoms with Gasteiger partial charge in [-0.3, -0.25) is 0 Å². The van der Waals surface area contributed by atoms with E-state index in [0.29, 0.717) is 19.1 Å². The van der Waals surface area contributed by atoms with E-state index in [4.69, 9.17) is 4.74 Å². The molecule has 0 atom stereocenters. The third-order valence-corrected chi connectivity index (χ3v) is 4.33. The molecule has 4 aromatic rings. The van der Waals surface area contributed by atoms with Gasteiger partial charge in [0.2, 0.25) is 5.95 Å². The maximum Gasteiger partial charge on any atom is 0.229 e. The van der Waals surface area contributed by atoms with Gasteiger partial charge in [-0.05, 0) is 41.5 Å². The van der Waals surface area contributed by atoms with Gasteiger partial charge in [0.05, 0.1) is 0 Å². The van der Waals surface area contributed by atoms with Crippen molar-refractivity contribution in [2.75, 3.05) is 10.6 Å². The molecule has 5 heteroatoms. The van der Waals surface area contributed by atoms with Gasteiger partial charge in [-0.1, -0.05) is 60.7 Å². The van der Waals surface area contributed by atoms with Gasteiger partial charge in [-0.2, -0.15) is 4.98 Å². The number of benzene rings is 3. The standard InChI is InChI=1S/C24H22N4O/c1-3-7-19(8-4-1)17-26-23-15-16-25-24(28-23)27-21-11-13-22(14-12-21)29-18-20-9-5-2-6-10-20/h1-16H,17-18H2,(H2,25,26,27,28). The van der Waals surface area contributed by atoms with Crippen molar-refractivity contribution >= 4 is 17.5 Å². The van der Waals surface area contributed by atoms with Crippen LogP contribution in [0.2, 0.25) is 0 Å². The molecule has 0 saturated heterocycles. The summed E-state index contributed by atoms with van der Waals surface area (Å²) in [5, 5.41) is 6.54. The minimum Gasteiger partial charge on any atom is -0.489 e. The molecule has 0 spiro atoms. The Labute approximate surface area is 170 Å². The second-order valence-electron chi connectivity index (χ2n) is 6.53. The van der Waals surface area contributed by atoms with Crippen LogP contribution in [-0.2, 0) is 13.2 Å². The molecule has 0 bridgehead atoms. The number of hydrogen-bond donors (Lipinski definition) is 2. The highest BCUT2D eigenvalue weighted by molar-refractivity contribution is 5.55. The van der Waals surface area contributed by atoms with E-state index < -0.39 is 0 Å². The van der Waals surface area contributed by atoms with E-state index in [1.165, 1.54) is 5.56 Å². The van der Waals surface area contributed by atoms with Crippen LogP contribution >= 0.6 is 0 Å². The van der Waals surface area contributed by atoms with Gasteiger partial charge in [0.25, 0.3) is 0 Å². The van der Waals surface area contributed by atoms with Gasteiger partial charge in [0, 0.05) is 18.4 Å². The molecule has 4 rings (SSSR count). The number of nitrogens with zero attached hydrogens (tertiary/aromatic N) is 2. The van der Waals surface area contributed by atoms with Crippen LogP contribution in [0.15, 0.2) is 97.2 Å². The lowest BCUT2D eigenvalue weighted by Gasteiger charge is -2.10. The fourth-order valence-electron chi connectivity index (χ4n) is 2.81. The van der Waals surface area contributed by atoms with Crippen molar-refractivity contribution in [2.45, 2.75) is 13.2 Å².